The van der Waals surface area contributed by atoms with Gasteiger partial charge in [0.15, 0.2) is 5.75 Å². The SMILES string of the molecule is COc1c(C)[nH]cc(CN(C)CCCc2ccccc2)c1=O. The van der Waals surface area contributed by atoms with Crippen molar-refractivity contribution in [2.75, 3.05) is 20.7 Å². The number of aromatic nitrogens is 1. The van der Waals surface area contributed by atoms with E-state index in [0.29, 0.717) is 12.3 Å². The van der Waals surface area contributed by atoms with E-state index in [2.05, 4.69) is 34.1 Å². The van der Waals surface area contributed by atoms with Crippen LogP contribution in [0.5, 0.6) is 5.75 Å². The van der Waals surface area contributed by atoms with Crippen LogP contribution in [0.1, 0.15) is 23.2 Å². The summed E-state index contributed by atoms with van der Waals surface area (Å²) < 4.78 is 5.17. The Morgan fingerprint density at radius 2 is 1.95 bits per heavy atom. The molecule has 0 radical (unpaired) electrons. The molecule has 2 rings (SSSR count). The largest absolute Gasteiger partial charge is 0.491 e. The lowest BCUT2D eigenvalue weighted by Crippen LogP contribution is -2.24. The van der Waals surface area contributed by atoms with Crippen molar-refractivity contribution in [2.45, 2.75) is 26.3 Å². The monoisotopic (exact) mass is 300 g/mol. The van der Waals surface area contributed by atoms with Gasteiger partial charge in [0.1, 0.15) is 0 Å². The zero-order chi connectivity index (χ0) is 15.9. The molecule has 1 N–H and O–H groups in total. The topological polar surface area (TPSA) is 45.3 Å². The lowest BCUT2D eigenvalue weighted by molar-refractivity contribution is 0.319. The minimum Gasteiger partial charge on any atom is -0.491 e. The molecule has 0 aliphatic rings. The first-order chi connectivity index (χ1) is 10.6. The number of methoxy groups -OCH3 is 1. The maximum absolute atomic E-state index is 12.3. The third-order valence-electron chi connectivity index (χ3n) is 3.79. The van der Waals surface area contributed by atoms with Crippen LogP contribution in [0, 0.1) is 6.92 Å². The second-order valence-electron chi connectivity index (χ2n) is 5.63. The van der Waals surface area contributed by atoms with Gasteiger partial charge in [-0.1, -0.05) is 30.3 Å². The number of nitrogens with zero attached hydrogens (tertiary/aromatic N) is 1. The lowest BCUT2D eigenvalue weighted by atomic mass is 10.1. The fourth-order valence-electron chi connectivity index (χ4n) is 2.57. The Bertz CT molecular complexity index is 650. The van der Waals surface area contributed by atoms with Crippen LogP contribution in [0.4, 0.5) is 0 Å². The number of pyridine rings is 1. The number of nitrogens with one attached hydrogen (secondary N) is 1. The molecule has 0 bridgehead atoms. The molecule has 0 unspecified atom stereocenters. The van der Waals surface area contributed by atoms with Crippen molar-refractivity contribution >= 4 is 0 Å². The molecule has 0 fully saturated rings. The van der Waals surface area contributed by atoms with Gasteiger partial charge in [0.05, 0.1) is 12.8 Å². The molecule has 1 heterocycles. The van der Waals surface area contributed by atoms with E-state index in [1.165, 1.54) is 12.7 Å². The summed E-state index contributed by atoms with van der Waals surface area (Å²) in [6.45, 7) is 3.42. The van der Waals surface area contributed by atoms with Crippen molar-refractivity contribution in [3.05, 3.63) is 63.6 Å². The zero-order valence-corrected chi connectivity index (χ0v) is 13.6. The number of aryl methyl sites for hydroxylation is 2. The molecule has 0 aliphatic heterocycles. The molecule has 4 nitrogen and oxygen atoms in total. The summed E-state index contributed by atoms with van der Waals surface area (Å²) >= 11 is 0. The summed E-state index contributed by atoms with van der Waals surface area (Å²) in [6, 6.07) is 10.5. The molecule has 0 aliphatic carbocycles. The molecule has 4 heteroatoms. The fourth-order valence-corrected chi connectivity index (χ4v) is 2.57. The van der Waals surface area contributed by atoms with Gasteiger partial charge in [-0.3, -0.25) is 4.79 Å². The second-order valence-corrected chi connectivity index (χ2v) is 5.63. The second kappa shape index (κ2) is 7.80. The zero-order valence-electron chi connectivity index (χ0n) is 13.6. The van der Waals surface area contributed by atoms with Crippen molar-refractivity contribution in [1.29, 1.82) is 0 Å². The van der Waals surface area contributed by atoms with Crippen molar-refractivity contribution in [2.24, 2.45) is 0 Å². The molecule has 2 aromatic rings. The first kappa shape index (κ1) is 16.3. The van der Waals surface area contributed by atoms with Crippen molar-refractivity contribution in [3.8, 4) is 5.75 Å². The molecular formula is C18H24N2O2. The number of ether oxygens (including phenoxy) is 1. The van der Waals surface area contributed by atoms with Crippen molar-refractivity contribution in [3.63, 3.8) is 0 Å². The summed E-state index contributed by atoms with van der Waals surface area (Å²) in [5.74, 6) is 0.412. The van der Waals surface area contributed by atoms with Gasteiger partial charge in [0.25, 0.3) is 0 Å². The number of aromatic amines is 1. The number of hydrogen-bond acceptors (Lipinski definition) is 3. The van der Waals surface area contributed by atoms with Crippen LogP contribution in [-0.4, -0.2) is 30.6 Å². The van der Waals surface area contributed by atoms with E-state index in [0.717, 1.165) is 30.6 Å². The Morgan fingerprint density at radius 3 is 2.64 bits per heavy atom. The van der Waals surface area contributed by atoms with Gasteiger partial charge in [-0.05, 0) is 38.9 Å². The fraction of sp³-hybridized carbons (Fsp3) is 0.389. The maximum atomic E-state index is 12.3. The highest BCUT2D eigenvalue weighted by Crippen LogP contribution is 2.10. The summed E-state index contributed by atoms with van der Waals surface area (Å²) in [6.07, 6.45) is 3.91. The predicted octanol–water partition coefficient (Wildman–Crippen LogP) is 2.76. The Kier molecular flexibility index (Phi) is 5.78. The molecule has 0 saturated carbocycles. The standard InChI is InChI=1S/C18H24N2O2/c1-14-18(22-3)17(21)16(12-19-14)13-20(2)11-7-10-15-8-5-4-6-9-15/h4-6,8-9,12H,7,10-11,13H2,1-3H3,(H,19,21). The van der Waals surface area contributed by atoms with Crippen LogP contribution >= 0.6 is 0 Å². The quantitative estimate of drug-likeness (QED) is 0.855. The lowest BCUT2D eigenvalue weighted by Gasteiger charge is -2.17. The number of hydrogen-bond donors (Lipinski definition) is 1. The molecule has 0 amide bonds. The summed E-state index contributed by atoms with van der Waals surface area (Å²) in [7, 11) is 3.57. The van der Waals surface area contributed by atoms with Gasteiger partial charge in [0.2, 0.25) is 5.43 Å². The minimum atomic E-state index is -0.0198. The third-order valence-corrected chi connectivity index (χ3v) is 3.79. The Balaban J connectivity index is 1.90. The third kappa shape index (κ3) is 4.21. The van der Waals surface area contributed by atoms with E-state index in [1.807, 2.05) is 20.0 Å². The molecule has 118 valence electrons. The highest BCUT2D eigenvalue weighted by molar-refractivity contribution is 5.30. The summed E-state index contributed by atoms with van der Waals surface area (Å²) in [4.78, 5) is 17.5. The van der Waals surface area contributed by atoms with Gasteiger partial charge in [-0.2, -0.15) is 0 Å². The maximum Gasteiger partial charge on any atom is 0.228 e. The van der Waals surface area contributed by atoms with Crippen LogP contribution in [0.15, 0.2) is 41.3 Å². The van der Waals surface area contributed by atoms with E-state index in [1.54, 1.807) is 6.20 Å². The smallest absolute Gasteiger partial charge is 0.228 e. The summed E-state index contributed by atoms with van der Waals surface area (Å²) in [5, 5.41) is 0. The van der Waals surface area contributed by atoms with Crippen LogP contribution in [0.25, 0.3) is 0 Å². The average molecular weight is 300 g/mol. The van der Waals surface area contributed by atoms with E-state index in [4.69, 9.17) is 4.74 Å². The van der Waals surface area contributed by atoms with Crippen molar-refractivity contribution in [1.82, 2.24) is 9.88 Å². The molecule has 1 aromatic heterocycles. The van der Waals surface area contributed by atoms with E-state index >= 15 is 0 Å². The molecule has 1 aromatic carbocycles. The van der Waals surface area contributed by atoms with Gasteiger partial charge in [0, 0.05) is 18.3 Å². The summed E-state index contributed by atoms with van der Waals surface area (Å²) in [5.41, 5.74) is 2.84. The van der Waals surface area contributed by atoms with Crippen LogP contribution in [0.3, 0.4) is 0 Å². The highest BCUT2D eigenvalue weighted by atomic mass is 16.5. The number of H-pyrrole nitrogens is 1. The van der Waals surface area contributed by atoms with Gasteiger partial charge in [-0.25, -0.2) is 0 Å². The van der Waals surface area contributed by atoms with Crippen LogP contribution in [-0.2, 0) is 13.0 Å². The average Bonchev–Trinajstić information content (AvgIpc) is 2.52. The Morgan fingerprint density at radius 1 is 1.23 bits per heavy atom. The van der Waals surface area contributed by atoms with Crippen LogP contribution < -0.4 is 10.2 Å². The molecule has 0 saturated heterocycles. The van der Waals surface area contributed by atoms with Gasteiger partial charge >= 0.3 is 0 Å². The van der Waals surface area contributed by atoms with E-state index < -0.39 is 0 Å². The Hall–Kier alpha value is -2.07. The van der Waals surface area contributed by atoms with Gasteiger partial charge in [-0.15, -0.1) is 0 Å². The molecule has 0 spiro atoms. The first-order valence-electron chi connectivity index (χ1n) is 7.59. The predicted molar refractivity (Wildman–Crippen MR) is 89.4 cm³/mol. The van der Waals surface area contributed by atoms with E-state index in [9.17, 15) is 4.79 Å². The number of benzene rings is 1. The molecule has 22 heavy (non-hydrogen) atoms. The van der Waals surface area contributed by atoms with Gasteiger partial charge < -0.3 is 14.6 Å². The Labute approximate surface area is 131 Å². The number of rotatable bonds is 7. The van der Waals surface area contributed by atoms with Crippen molar-refractivity contribution < 1.29 is 4.74 Å². The molecule has 0 atom stereocenters. The first-order valence-corrected chi connectivity index (χ1v) is 7.59. The highest BCUT2D eigenvalue weighted by Gasteiger charge is 2.11. The minimum absolute atomic E-state index is 0.0198. The molecular weight excluding hydrogens is 276 g/mol. The van der Waals surface area contributed by atoms with E-state index in [-0.39, 0.29) is 5.43 Å². The normalized spacial score (nSPS) is 10.9. The van der Waals surface area contributed by atoms with Crippen LogP contribution in [0.2, 0.25) is 0 Å².